The first kappa shape index (κ1) is 14.2. The third-order valence-electron chi connectivity index (χ3n) is 4.01. The lowest BCUT2D eigenvalue weighted by atomic mass is 9.94. The number of halogens is 1. The van der Waals surface area contributed by atoms with Crippen molar-refractivity contribution in [1.29, 1.82) is 0 Å². The second kappa shape index (κ2) is 5.93. The SMILES string of the molecule is Cc1ncsc1CCC(=O)N1CCC1c1ccc(F)cc1. The highest BCUT2D eigenvalue weighted by Crippen LogP contribution is 2.34. The number of aryl methyl sites for hydroxylation is 2. The number of rotatable bonds is 4. The molecule has 1 aliphatic heterocycles. The zero-order valence-electron chi connectivity index (χ0n) is 11.9. The number of hydrogen-bond donors (Lipinski definition) is 0. The minimum Gasteiger partial charge on any atom is -0.335 e. The lowest BCUT2D eigenvalue weighted by Gasteiger charge is -2.41. The van der Waals surface area contributed by atoms with Gasteiger partial charge in [-0.25, -0.2) is 9.37 Å². The summed E-state index contributed by atoms with van der Waals surface area (Å²) in [6.45, 7) is 2.77. The number of amides is 1. The number of likely N-dealkylation sites (tertiary alicyclic amines) is 1. The van der Waals surface area contributed by atoms with Gasteiger partial charge in [0.2, 0.25) is 5.91 Å². The number of hydrogen-bond acceptors (Lipinski definition) is 3. The van der Waals surface area contributed by atoms with Crippen molar-refractivity contribution in [2.75, 3.05) is 6.54 Å². The van der Waals surface area contributed by atoms with Crippen molar-refractivity contribution in [3.63, 3.8) is 0 Å². The van der Waals surface area contributed by atoms with Gasteiger partial charge < -0.3 is 4.90 Å². The standard InChI is InChI=1S/C16H17FN2OS/c1-11-15(21-10-18-11)6-7-16(20)19-9-8-14(19)12-2-4-13(17)5-3-12/h2-5,10,14H,6-9H2,1H3. The van der Waals surface area contributed by atoms with Crippen LogP contribution in [0.25, 0.3) is 0 Å². The fourth-order valence-corrected chi connectivity index (χ4v) is 3.43. The molecule has 1 fully saturated rings. The summed E-state index contributed by atoms with van der Waals surface area (Å²) in [6.07, 6.45) is 2.22. The van der Waals surface area contributed by atoms with Gasteiger partial charge in [0.1, 0.15) is 5.82 Å². The van der Waals surface area contributed by atoms with Crippen LogP contribution in [0, 0.1) is 12.7 Å². The van der Waals surface area contributed by atoms with Crippen molar-refractivity contribution in [2.24, 2.45) is 0 Å². The summed E-state index contributed by atoms with van der Waals surface area (Å²) in [7, 11) is 0. The summed E-state index contributed by atoms with van der Waals surface area (Å²) in [5, 5.41) is 0. The van der Waals surface area contributed by atoms with Gasteiger partial charge in [0.25, 0.3) is 0 Å². The number of carbonyl (C=O) groups is 1. The monoisotopic (exact) mass is 304 g/mol. The van der Waals surface area contributed by atoms with E-state index < -0.39 is 0 Å². The van der Waals surface area contributed by atoms with Crippen LogP contribution in [0.15, 0.2) is 29.8 Å². The fraction of sp³-hybridized carbons (Fsp3) is 0.375. The molecule has 3 rings (SSSR count). The second-order valence-corrected chi connectivity index (χ2v) is 6.24. The first-order chi connectivity index (χ1) is 10.1. The molecule has 0 N–H and O–H groups in total. The van der Waals surface area contributed by atoms with E-state index >= 15 is 0 Å². The van der Waals surface area contributed by atoms with Crippen molar-refractivity contribution in [1.82, 2.24) is 9.88 Å². The Labute approximate surface area is 127 Å². The highest BCUT2D eigenvalue weighted by molar-refractivity contribution is 7.09. The van der Waals surface area contributed by atoms with Gasteiger partial charge >= 0.3 is 0 Å². The zero-order chi connectivity index (χ0) is 14.8. The molecule has 2 aromatic rings. The first-order valence-electron chi connectivity index (χ1n) is 7.09. The molecule has 0 spiro atoms. The summed E-state index contributed by atoms with van der Waals surface area (Å²) in [6, 6.07) is 6.56. The van der Waals surface area contributed by atoms with Gasteiger partial charge in [-0.1, -0.05) is 12.1 Å². The zero-order valence-corrected chi connectivity index (χ0v) is 12.7. The molecule has 1 atom stereocenters. The van der Waals surface area contributed by atoms with E-state index in [0.29, 0.717) is 6.42 Å². The minimum absolute atomic E-state index is 0.112. The van der Waals surface area contributed by atoms with E-state index in [1.54, 1.807) is 23.5 Å². The summed E-state index contributed by atoms with van der Waals surface area (Å²) >= 11 is 1.60. The maximum absolute atomic E-state index is 13.0. The molecular formula is C16H17FN2OS. The van der Waals surface area contributed by atoms with E-state index in [2.05, 4.69) is 4.98 Å². The molecule has 1 aromatic carbocycles. The van der Waals surface area contributed by atoms with Gasteiger partial charge in [-0.2, -0.15) is 0 Å². The van der Waals surface area contributed by atoms with Crippen molar-refractivity contribution in [2.45, 2.75) is 32.2 Å². The average molecular weight is 304 g/mol. The number of thiazole rings is 1. The van der Waals surface area contributed by atoms with Crippen LogP contribution in [0.4, 0.5) is 4.39 Å². The molecule has 110 valence electrons. The van der Waals surface area contributed by atoms with Crippen LogP contribution in [0.1, 0.15) is 35.0 Å². The third kappa shape index (κ3) is 2.97. The Hall–Kier alpha value is -1.75. The Morgan fingerprint density at radius 3 is 2.76 bits per heavy atom. The number of aromatic nitrogens is 1. The normalized spacial score (nSPS) is 17.6. The molecule has 1 aromatic heterocycles. The molecule has 0 aliphatic carbocycles. The van der Waals surface area contributed by atoms with Gasteiger partial charge in [-0.05, 0) is 37.5 Å². The van der Waals surface area contributed by atoms with E-state index in [4.69, 9.17) is 0 Å². The van der Waals surface area contributed by atoms with Crippen molar-refractivity contribution in [3.8, 4) is 0 Å². The summed E-state index contributed by atoms with van der Waals surface area (Å²) in [4.78, 5) is 19.6. The van der Waals surface area contributed by atoms with Gasteiger partial charge in [0.15, 0.2) is 0 Å². The molecule has 2 heterocycles. The van der Waals surface area contributed by atoms with Crippen LogP contribution in [0.5, 0.6) is 0 Å². The molecule has 1 aliphatic rings. The van der Waals surface area contributed by atoms with Crippen LogP contribution in [0.2, 0.25) is 0 Å². The molecule has 0 saturated carbocycles. The van der Waals surface area contributed by atoms with E-state index in [-0.39, 0.29) is 17.8 Å². The summed E-state index contributed by atoms with van der Waals surface area (Å²) < 4.78 is 13.0. The maximum Gasteiger partial charge on any atom is 0.223 e. The first-order valence-corrected chi connectivity index (χ1v) is 7.97. The van der Waals surface area contributed by atoms with Crippen molar-refractivity contribution in [3.05, 3.63) is 51.7 Å². The Morgan fingerprint density at radius 2 is 2.19 bits per heavy atom. The van der Waals surface area contributed by atoms with E-state index in [0.717, 1.165) is 30.6 Å². The largest absolute Gasteiger partial charge is 0.335 e. The molecule has 0 bridgehead atoms. The number of carbonyl (C=O) groups excluding carboxylic acids is 1. The van der Waals surface area contributed by atoms with Crippen molar-refractivity contribution < 1.29 is 9.18 Å². The summed E-state index contributed by atoms with van der Waals surface area (Å²) in [5.41, 5.74) is 3.86. The number of benzene rings is 1. The van der Waals surface area contributed by atoms with Crippen molar-refractivity contribution >= 4 is 17.2 Å². The van der Waals surface area contributed by atoms with Crippen LogP contribution >= 0.6 is 11.3 Å². The maximum atomic E-state index is 13.0. The Bertz CT molecular complexity index is 638. The predicted octanol–water partition coefficient (Wildman–Crippen LogP) is 3.50. The highest BCUT2D eigenvalue weighted by atomic mass is 32.1. The van der Waals surface area contributed by atoms with Gasteiger partial charge in [-0.15, -0.1) is 11.3 Å². The second-order valence-electron chi connectivity index (χ2n) is 5.30. The topological polar surface area (TPSA) is 33.2 Å². The molecule has 1 unspecified atom stereocenters. The minimum atomic E-state index is -0.239. The lowest BCUT2D eigenvalue weighted by molar-refractivity contribution is -0.139. The molecule has 21 heavy (non-hydrogen) atoms. The van der Waals surface area contributed by atoms with E-state index in [1.165, 1.54) is 17.0 Å². The molecule has 1 amide bonds. The van der Waals surface area contributed by atoms with Crippen LogP contribution in [-0.2, 0) is 11.2 Å². The van der Waals surface area contributed by atoms with E-state index in [9.17, 15) is 9.18 Å². The van der Waals surface area contributed by atoms with Gasteiger partial charge in [-0.3, -0.25) is 4.79 Å². The lowest BCUT2D eigenvalue weighted by Crippen LogP contribution is -2.45. The Balaban J connectivity index is 1.60. The molecular weight excluding hydrogens is 287 g/mol. The summed E-state index contributed by atoms with van der Waals surface area (Å²) in [5.74, 6) is -0.0694. The molecule has 1 saturated heterocycles. The third-order valence-corrected chi connectivity index (χ3v) is 5.00. The van der Waals surface area contributed by atoms with Crippen LogP contribution < -0.4 is 0 Å². The van der Waals surface area contributed by atoms with Crippen LogP contribution in [0.3, 0.4) is 0 Å². The Morgan fingerprint density at radius 1 is 1.43 bits per heavy atom. The molecule has 0 radical (unpaired) electrons. The quantitative estimate of drug-likeness (QED) is 0.866. The molecule has 3 nitrogen and oxygen atoms in total. The average Bonchev–Trinajstić information content (AvgIpc) is 2.83. The van der Waals surface area contributed by atoms with Gasteiger partial charge in [0, 0.05) is 17.8 Å². The van der Waals surface area contributed by atoms with Gasteiger partial charge in [0.05, 0.1) is 17.2 Å². The van der Waals surface area contributed by atoms with E-state index in [1.807, 2.05) is 17.3 Å². The smallest absolute Gasteiger partial charge is 0.223 e. The Kier molecular flexibility index (Phi) is 4.01. The number of nitrogens with zero attached hydrogens (tertiary/aromatic N) is 2. The predicted molar refractivity (Wildman–Crippen MR) is 80.6 cm³/mol. The molecule has 5 heteroatoms. The highest BCUT2D eigenvalue weighted by Gasteiger charge is 2.32. The van der Waals surface area contributed by atoms with Crippen LogP contribution in [-0.4, -0.2) is 22.3 Å². The fourth-order valence-electron chi connectivity index (χ4n) is 2.65.